The Kier molecular flexibility index (Phi) is 5.73. The van der Waals surface area contributed by atoms with E-state index in [4.69, 9.17) is 9.47 Å². The van der Waals surface area contributed by atoms with Crippen LogP contribution in [0.25, 0.3) is 0 Å². The minimum absolute atomic E-state index is 0.114. The van der Waals surface area contributed by atoms with Gasteiger partial charge in [0, 0.05) is 17.8 Å². The molecule has 1 heterocycles. The van der Waals surface area contributed by atoms with Crippen molar-refractivity contribution < 1.29 is 19.1 Å². The van der Waals surface area contributed by atoms with Gasteiger partial charge < -0.3 is 20.1 Å². The number of carbonyl (C=O) groups excluding carboxylic acids is 2. The van der Waals surface area contributed by atoms with Gasteiger partial charge >= 0.3 is 0 Å². The van der Waals surface area contributed by atoms with Crippen LogP contribution in [0, 0.1) is 0 Å². The molecule has 0 fully saturated rings. The van der Waals surface area contributed by atoms with E-state index >= 15 is 0 Å². The number of unbranched alkanes of at least 4 members (excludes halogenated alkanes) is 1. The Balaban J connectivity index is 1.56. The molecule has 2 aromatic carbocycles. The molecule has 0 spiro atoms. The van der Waals surface area contributed by atoms with E-state index in [1.165, 1.54) is 0 Å². The van der Waals surface area contributed by atoms with E-state index in [-0.39, 0.29) is 18.4 Å². The number of anilines is 1. The lowest BCUT2D eigenvalue weighted by Gasteiger charge is -2.25. The molecule has 2 aromatic rings. The molecule has 136 valence electrons. The summed E-state index contributed by atoms with van der Waals surface area (Å²) >= 11 is 0. The Morgan fingerprint density at radius 2 is 1.81 bits per heavy atom. The Morgan fingerprint density at radius 1 is 1.08 bits per heavy atom. The molecule has 2 N–H and O–H groups in total. The van der Waals surface area contributed by atoms with Crippen LogP contribution in [-0.4, -0.2) is 31.1 Å². The minimum atomic E-state index is -0.720. The highest BCUT2D eigenvalue weighted by atomic mass is 16.6. The SMILES string of the molecule is CCCCNC(=O)c1ccc(NC(=O)[C@H]2COc3ccccc3O2)cc1. The van der Waals surface area contributed by atoms with Crippen LogP contribution in [0.15, 0.2) is 48.5 Å². The molecule has 1 atom stereocenters. The van der Waals surface area contributed by atoms with Gasteiger partial charge in [-0.1, -0.05) is 25.5 Å². The van der Waals surface area contributed by atoms with Crippen LogP contribution in [-0.2, 0) is 4.79 Å². The fraction of sp³-hybridized carbons (Fsp3) is 0.300. The molecule has 6 heteroatoms. The maximum atomic E-state index is 12.4. The van der Waals surface area contributed by atoms with Crippen molar-refractivity contribution >= 4 is 17.5 Å². The normalized spacial score (nSPS) is 15.2. The predicted octanol–water partition coefficient (Wildman–Crippen LogP) is 3.00. The standard InChI is InChI=1S/C20H22N2O4/c1-2-3-12-21-19(23)14-8-10-15(11-9-14)22-20(24)18-13-25-16-6-4-5-7-17(16)26-18/h4-11,18H,2-3,12-13H2,1H3,(H,21,23)(H,22,24)/t18-/m1/s1. The Labute approximate surface area is 152 Å². The van der Waals surface area contributed by atoms with E-state index in [9.17, 15) is 9.59 Å². The molecular formula is C20H22N2O4. The number of ether oxygens (including phenoxy) is 2. The van der Waals surface area contributed by atoms with Gasteiger partial charge in [0.2, 0.25) is 6.10 Å². The van der Waals surface area contributed by atoms with Gasteiger partial charge in [-0.3, -0.25) is 9.59 Å². The smallest absolute Gasteiger partial charge is 0.269 e. The zero-order valence-corrected chi connectivity index (χ0v) is 14.7. The molecule has 2 amide bonds. The first-order valence-electron chi connectivity index (χ1n) is 8.75. The number of nitrogens with one attached hydrogen (secondary N) is 2. The summed E-state index contributed by atoms with van der Waals surface area (Å²) in [5.74, 6) is 0.782. The van der Waals surface area contributed by atoms with Crippen LogP contribution < -0.4 is 20.1 Å². The Bertz CT molecular complexity index is 774. The van der Waals surface area contributed by atoms with Crippen LogP contribution in [0.4, 0.5) is 5.69 Å². The third-order valence-corrected chi connectivity index (χ3v) is 4.03. The zero-order chi connectivity index (χ0) is 18.4. The van der Waals surface area contributed by atoms with Crippen molar-refractivity contribution in [3.63, 3.8) is 0 Å². The number of hydrogen-bond acceptors (Lipinski definition) is 4. The highest BCUT2D eigenvalue weighted by Gasteiger charge is 2.27. The van der Waals surface area contributed by atoms with Gasteiger partial charge in [0.15, 0.2) is 11.5 Å². The van der Waals surface area contributed by atoms with Crippen LogP contribution in [0.5, 0.6) is 11.5 Å². The Hall–Kier alpha value is -3.02. The molecule has 26 heavy (non-hydrogen) atoms. The molecule has 0 unspecified atom stereocenters. The van der Waals surface area contributed by atoms with Gasteiger partial charge in [0.05, 0.1) is 0 Å². The first kappa shape index (κ1) is 17.8. The molecule has 0 bridgehead atoms. The maximum Gasteiger partial charge on any atom is 0.269 e. The minimum Gasteiger partial charge on any atom is -0.485 e. The summed E-state index contributed by atoms with van der Waals surface area (Å²) in [4.78, 5) is 24.4. The van der Waals surface area contributed by atoms with Crippen molar-refractivity contribution in [2.75, 3.05) is 18.5 Å². The number of rotatable bonds is 6. The van der Waals surface area contributed by atoms with Gasteiger partial charge in [-0.25, -0.2) is 0 Å². The summed E-state index contributed by atoms with van der Waals surface area (Å²) < 4.78 is 11.2. The second-order valence-electron chi connectivity index (χ2n) is 6.04. The van der Waals surface area contributed by atoms with Gasteiger partial charge in [-0.05, 0) is 42.8 Å². The average molecular weight is 354 g/mol. The molecular weight excluding hydrogens is 332 g/mol. The van der Waals surface area contributed by atoms with Crippen molar-refractivity contribution in [1.82, 2.24) is 5.32 Å². The van der Waals surface area contributed by atoms with Crippen molar-refractivity contribution in [3.8, 4) is 11.5 Å². The number of carbonyl (C=O) groups is 2. The highest BCUT2D eigenvalue weighted by molar-refractivity contribution is 5.97. The largest absolute Gasteiger partial charge is 0.485 e. The van der Waals surface area contributed by atoms with E-state index in [0.29, 0.717) is 29.3 Å². The van der Waals surface area contributed by atoms with Gasteiger partial charge in [-0.2, -0.15) is 0 Å². The molecule has 0 saturated heterocycles. The zero-order valence-electron chi connectivity index (χ0n) is 14.7. The maximum absolute atomic E-state index is 12.4. The molecule has 3 rings (SSSR count). The van der Waals surface area contributed by atoms with E-state index < -0.39 is 6.10 Å². The summed E-state index contributed by atoms with van der Waals surface area (Å²) in [5.41, 5.74) is 1.16. The lowest BCUT2D eigenvalue weighted by Crippen LogP contribution is -2.40. The number of fused-ring (bicyclic) bond motifs is 1. The first-order valence-corrected chi connectivity index (χ1v) is 8.75. The van der Waals surface area contributed by atoms with E-state index in [0.717, 1.165) is 12.8 Å². The molecule has 1 aliphatic heterocycles. The molecule has 0 radical (unpaired) electrons. The molecule has 1 aliphatic rings. The van der Waals surface area contributed by atoms with E-state index in [1.54, 1.807) is 36.4 Å². The fourth-order valence-corrected chi connectivity index (χ4v) is 2.56. The van der Waals surface area contributed by atoms with E-state index in [2.05, 4.69) is 17.6 Å². The average Bonchev–Trinajstić information content (AvgIpc) is 2.68. The molecule has 0 aromatic heterocycles. The van der Waals surface area contributed by atoms with Crippen molar-refractivity contribution in [2.24, 2.45) is 0 Å². The predicted molar refractivity (Wildman–Crippen MR) is 98.7 cm³/mol. The number of amides is 2. The number of benzene rings is 2. The quantitative estimate of drug-likeness (QED) is 0.782. The highest BCUT2D eigenvalue weighted by Crippen LogP contribution is 2.31. The molecule has 0 aliphatic carbocycles. The molecule has 0 saturated carbocycles. The van der Waals surface area contributed by atoms with Gasteiger partial charge in [0.25, 0.3) is 11.8 Å². The summed E-state index contributed by atoms with van der Waals surface area (Å²) in [7, 11) is 0. The summed E-state index contributed by atoms with van der Waals surface area (Å²) in [6, 6.07) is 14.0. The Morgan fingerprint density at radius 3 is 2.54 bits per heavy atom. The summed E-state index contributed by atoms with van der Waals surface area (Å²) in [6.07, 6.45) is 1.26. The van der Waals surface area contributed by atoms with Crippen molar-refractivity contribution in [2.45, 2.75) is 25.9 Å². The summed E-state index contributed by atoms with van der Waals surface area (Å²) in [6.45, 7) is 2.89. The lowest BCUT2D eigenvalue weighted by molar-refractivity contribution is -0.125. The number of para-hydroxylation sites is 2. The van der Waals surface area contributed by atoms with Crippen LogP contribution in [0.1, 0.15) is 30.1 Å². The third kappa shape index (κ3) is 4.33. The fourth-order valence-electron chi connectivity index (χ4n) is 2.56. The third-order valence-electron chi connectivity index (χ3n) is 4.03. The topological polar surface area (TPSA) is 76.7 Å². The van der Waals surface area contributed by atoms with Crippen molar-refractivity contribution in [1.29, 1.82) is 0 Å². The first-order chi connectivity index (χ1) is 12.7. The van der Waals surface area contributed by atoms with Crippen LogP contribution in [0.3, 0.4) is 0 Å². The second kappa shape index (κ2) is 8.38. The van der Waals surface area contributed by atoms with Crippen LogP contribution >= 0.6 is 0 Å². The second-order valence-corrected chi connectivity index (χ2v) is 6.04. The molecule has 6 nitrogen and oxygen atoms in total. The van der Waals surface area contributed by atoms with Gasteiger partial charge in [-0.15, -0.1) is 0 Å². The summed E-state index contributed by atoms with van der Waals surface area (Å²) in [5, 5.41) is 5.64. The lowest BCUT2D eigenvalue weighted by atomic mass is 10.2. The van der Waals surface area contributed by atoms with Crippen LogP contribution in [0.2, 0.25) is 0 Å². The van der Waals surface area contributed by atoms with Gasteiger partial charge in [0.1, 0.15) is 6.61 Å². The number of hydrogen-bond donors (Lipinski definition) is 2. The van der Waals surface area contributed by atoms with Crippen molar-refractivity contribution in [3.05, 3.63) is 54.1 Å². The van der Waals surface area contributed by atoms with E-state index in [1.807, 2.05) is 12.1 Å². The monoisotopic (exact) mass is 354 g/mol.